The van der Waals surface area contributed by atoms with E-state index in [1.807, 2.05) is 0 Å². The molecule has 0 fully saturated rings. The second-order valence-electron chi connectivity index (χ2n) is 2.22. The third-order valence-electron chi connectivity index (χ3n) is 0.836. The van der Waals surface area contributed by atoms with Crippen LogP contribution < -0.4 is 0 Å². The predicted octanol–water partition coefficient (Wildman–Crippen LogP) is -3.00. The van der Waals surface area contributed by atoms with Crippen LogP contribution in [0.5, 0.6) is 0 Å². The lowest BCUT2D eigenvalue weighted by Gasteiger charge is -2.20. The molecular weight excluding hydrogens is 175 g/mol. The van der Waals surface area contributed by atoms with Crippen molar-refractivity contribution in [3.63, 3.8) is 0 Å². The Labute approximate surface area is 62.3 Å². The number of aliphatic hydroxyl groups is 3. The molecule has 5 N–H and O–H groups in total. The van der Waals surface area contributed by atoms with E-state index in [-0.39, 0.29) is 10.2 Å². The minimum absolute atomic E-state index is 0.0610. The Balaban J connectivity index is 3.68. The molecule has 5 nitrogen and oxygen atoms in total. The standard InChI is InChI=1S/C3H11O5PSi/c4-2(9(7)8)1-3(5,6)10/h2,4-8H,1H2,10H3. The summed E-state index contributed by atoms with van der Waals surface area (Å²) in [6, 6.07) is 0. The van der Waals surface area contributed by atoms with Crippen LogP contribution in [0.1, 0.15) is 6.42 Å². The van der Waals surface area contributed by atoms with Gasteiger partial charge in [-0.3, -0.25) is 0 Å². The van der Waals surface area contributed by atoms with Gasteiger partial charge in [0.1, 0.15) is 11.3 Å². The average molecular weight is 186 g/mol. The summed E-state index contributed by atoms with van der Waals surface area (Å²) < 4.78 is 0. The topological polar surface area (TPSA) is 101 Å². The van der Waals surface area contributed by atoms with Crippen LogP contribution in [0.2, 0.25) is 0 Å². The Morgan fingerprint density at radius 2 is 1.80 bits per heavy atom. The fourth-order valence-corrected chi connectivity index (χ4v) is 1.67. The van der Waals surface area contributed by atoms with Crippen molar-refractivity contribution in [1.29, 1.82) is 0 Å². The van der Waals surface area contributed by atoms with Crippen LogP contribution in [0.15, 0.2) is 0 Å². The fourth-order valence-electron chi connectivity index (χ4n) is 0.428. The maximum absolute atomic E-state index is 8.69. The van der Waals surface area contributed by atoms with E-state index >= 15 is 0 Å². The van der Waals surface area contributed by atoms with Gasteiger partial charge in [0.15, 0.2) is 8.38 Å². The number of aliphatic hydroxyl groups excluding tert-OH is 1. The van der Waals surface area contributed by atoms with E-state index in [9.17, 15) is 0 Å². The lowest BCUT2D eigenvalue weighted by molar-refractivity contribution is -0.103. The first kappa shape index (κ1) is 10.4. The van der Waals surface area contributed by atoms with E-state index in [0.29, 0.717) is 0 Å². The maximum atomic E-state index is 8.69. The molecule has 0 aromatic carbocycles. The van der Waals surface area contributed by atoms with Gasteiger partial charge >= 0.3 is 0 Å². The summed E-state index contributed by atoms with van der Waals surface area (Å²) in [7, 11) is -2.41. The average Bonchev–Trinajstić information content (AvgIpc) is 1.60. The fraction of sp³-hybridized carbons (Fsp3) is 1.00. The minimum atomic E-state index is -2.47. The first-order chi connectivity index (χ1) is 4.33. The van der Waals surface area contributed by atoms with E-state index in [4.69, 9.17) is 25.1 Å². The molecule has 0 aliphatic rings. The van der Waals surface area contributed by atoms with Crippen molar-refractivity contribution in [2.24, 2.45) is 0 Å². The van der Waals surface area contributed by atoms with Crippen LogP contribution in [-0.4, -0.2) is 46.6 Å². The number of hydrogen-bond acceptors (Lipinski definition) is 5. The molecule has 0 bridgehead atoms. The third kappa shape index (κ3) is 5.25. The minimum Gasteiger partial charge on any atom is -0.384 e. The summed E-state index contributed by atoms with van der Waals surface area (Å²) in [5.74, 6) is -1.43. The summed E-state index contributed by atoms with van der Waals surface area (Å²) in [4.78, 5) is 16.7. The Bertz CT molecular complexity index is 102. The van der Waals surface area contributed by atoms with Gasteiger partial charge in [-0.1, -0.05) is 0 Å². The number of rotatable bonds is 3. The monoisotopic (exact) mass is 186 g/mol. The molecule has 7 heteroatoms. The Hall–Kier alpha value is 0.447. The molecule has 0 saturated carbocycles. The smallest absolute Gasteiger partial charge is 0.196 e. The molecule has 0 radical (unpaired) electrons. The second kappa shape index (κ2) is 3.73. The summed E-state index contributed by atoms with van der Waals surface area (Å²) in [6.07, 6.45) is -0.405. The molecule has 0 aliphatic carbocycles. The van der Waals surface area contributed by atoms with Gasteiger partial charge in [0.05, 0.1) is 10.2 Å². The van der Waals surface area contributed by atoms with Gasteiger partial charge in [-0.15, -0.1) is 0 Å². The van der Waals surface area contributed by atoms with Gasteiger partial charge in [0, 0.05) is 6.42 Å². The van der Waals surface area contributed by atoms with Crippen LogP contribution in [0.25, 0.3) is 0 Å². The van der Waals surface area contributed by atoms with Gasteiger partial charge in [0.25, 0.3) is 0 Å². The van der Waals surface area contributed by atoms with Crippen molar-refractivity contribution in [3.05, 3.63) is 0 Å². The molecule has 0 rings (SSSR count). The molecule has 0 spiro atoms. The summed E-state index contributed by atoms with van der Waals surface area (Å²) >= 11 is 0. The van der Waals surface area contributed by atoms with Gasteiger partial charge in [-0.2, -0.15) is 0 Å². The molecule has 0 saturated heterocycles. The van der Waals surface area contributed by atoms with Crippen LogP contribution in [0.3, 0.4) is 0 Å². The molecule has 1 atom stereocenters. The molecule has 0 aromatic heterocycles. The Morgan fingerprint density at radius 3 is 1.90 bits per heavy atom. The van der Waals surface area contributed by atoms with Gasteiger partial charge in [-0.05, 0) is 0 Å². The van der Waals surface area contributed by atoms with Gasteiger partial charge in [0.2, 0.25) is 0 Å². The van der Waals surface area contributed by atoms with Crippen LogP contribution in [-0.2, 0) is 0 Å². The van der Waals surface area contributed by atoms with Gasteiger partial charge < -0.3 is 25.1 Å². The van der Waals surface area contributed by atoms with Crippen molar-refractivity contribution < 1.29 is 25.1 Å². The molecule has 0 aliphatic heterocycles. The highest BCUT2D eigenvalue weighted by atomic mass is 31.2. The SMILES string of the molecule is OC(CC(O)(O)[SiH3])P(O)O. The maximum Gasteiger partial charge on any atom is 0.196 e. The highest BCUT2D eigenvalue weighted by Crippen LogP contribution is 2.32. The molecule has 10 heavy (non-hydrogen) atoms. The van der Waals surface area contributed by atoms with E-state index in [1.165, 1.54) is 0 Å². The Morgan fingerprint density at radius 1 is 1.40 bits per heavy atom. The van der Waals surface area contributed by atoms with Crippen molar-refractivity contribution >= 4 is 18.6 Å². The second-order valence-corrected chi connectivity index (χ2v) is 5.06. The van der Waals surface area contributed by atoms with Crippen molar-refractivity contribution in [3.8, 4) is 0 Å². The lowest BCUT2D eigenvalue weighted by atomic mass is 10.4. The zero-order valence-corrected chi connectivity index (χ0v) is 8.36. The third-order valence-corrected chi connectivity index (χ3v) is 1.96. The van der Waals surface area contributed by atoms with Crippen LogP contribution in [0, 0.1) is 0 Å². The van der Waals surface area contributed by atoms with Crippen LogP contribution in [0.4, 0.5) is 0 Å². The zero-order valence-electron chi connectivity index (χ0n) is 5.47. The Kier molecular flexibility index (Phi) is 3.89. The lowest BCUT2D eigenvalue weighted by Crippen LogP contribution is -2.32. The van der Waals surface area contributed by atoms with Crippen molar-refractivity contribution in [2.45, 2.75) is 17.7 Å². The van der Waals surface area contributed by atoms with E-state index < -0.39 is 26.1 Å². The summed E-state index contributed by atoms with van der Waals surface area (Å²) in [6.45, 7) is 0. The quantitative estimate of drug-likeness (QED) is 0.184. The van der Waals surface area contributed by atoms with E-state index in [2.05, 4.69) is 0 Å². The van der Waals surface area contributed by atoms with E-state index in [1.54, 1.807) is 0 Å². The largest absolute Gasteiger partial charge is 0.384 e. The highest BCUT2D eigenvalue weighted by molar-refractivity contribution is 7.45. The normalized spacial score (nSPS) is 16.2. The van der Waals surface area contributed by atoms with Crippen LogP contribution >= 0.6 is 8.38 Å². The summed E-state index contributed by atoms with van der Waals surface area (Å²) in [5, 5.41) is 26.1. The highest BCUT2D eigenvalue weighted by Gasteiger charge is 2.24. The first-order valence-electron chi connectivity index (χ1n) is 2.63. The zero-order chi connectivity index (χ0) is 8.36. The van der Waals surface area contributed by atoms with Crippen molar-refractivity contribution in [1.82, 2.24) is 0 Å². The molecule has 0 amide bonds. The predicted molar refractivity (Wildman–Crippen MR) is 39.1 cm³/mol. The molecule has 1 unspecified atom stereocenters. The van der Waals surface area contributed by atoms with Crippen molar-refractivity contribution in [2.75, 3.05) is 0 Å². The molecule has 62 valence electrons. The van der Waals surface area contributed by atoms with E-state index in [0.717, 1.165) is 0 Å². The summed E-state index contributed by atoms with van der Waals surface area (Å²) in [5.41, 5.74) is -1.91. The first-order valence-corrected chi connectivity index (χ1v) is 4.94. The molecular formula is C3H11O5PSi. The molecule has 0 aromatic rings. The molecule has 0 heterocycles. The van der Waals surface area contributed by atoms with Gasteiger partial charge in [-0.25, -0.2) is 0 Å². The number of hydrogen-bond donors (Lipinski definition) is 5.